The van der Waals surface area contributed by atoms with Gasteiger partial charge in [0, 0.05) is 18.1 Å². The van der Waals surface area contributed by atoms with Gasteiger partial charge in [0.05, 0.1) is 5.52 Å². The van der Waals surface area contributed by atoms with Gasteiger partial charge in [-0.25, -0.2) is 4.98 Å². The first-order valence-electron chi connectivity index (χ1n) is 6.19. The average Bonchev–Trinajstić information content (AvgIpc) is 2.91. The summed E-state index contributed by atoms with van der Waals surface area (Å²) >= 11 is 5.97. The molecule has 0 spiro atoms. The summed E-state index contributed by atoms with van der Waals surface area (Å²) in [5.74, 6) is -0.166. The standard InChI is InChI=1S/C15H12ClN3O/c16-14-13-11(6-7-17-14)8-12(19-13)15(20)18-9-10-4-2-1-3-5-10/h1-8,19H,9H2,(H,18,20). The molecule has 0 bridgehead atoms. The molecule has 0 saturated carbocycles. The minimum atomic E-state index is -0.166. The molecule has 2 aromatic heterocycles. The molecule has 4 nitrogen and oxygen atoms in total. The molecule has 100 valence electrons. The summed E-state index contributed by atoms with van der Waals surface area (Å²) in [6.45, 7) is 0.487. The highest BCUT2D eigenvalue weighted by Gasteiger charge is 2.11. The van der Waals surface area contributed by atoms with Gasteiger partial charge in [0.2, 0.25) is 0 Å². The van der Waals surface area contributed by atoms with Crippen molar-refractivity contribution in [2.24, 2.45) is 0 Å². The molecule has 3 rings (SSSR count). The molecule has 0 atom stereocenters. The van der Waals surface area contributed by atoms with Gasteiger partial charge in [0.25, 0.3) is 5.91 Å². The highest BCUT2D eigenvalue weighted by molar-refractivity contribution is 6.33. The highest BCUT2D eigenvalue weighted by Crippen LogP contribution is 2.21. The van der Waals surface area contributed by atoms with Crippen molar-refractivity contribution in [3.05, 3.63) is 65.1 Å². The summed E-state index contributed by atoms with van der Waals surface area (Å²) in [4.78, 5) is 19.1. The van der Waals surface area contributed by atoms with Crippen LogP contribution in [0.15, 0.2) is 48.7 Å². The number of halogens is 1. The Labute approximate surface area is 120 Å². The Hall–Kier alpha value is -2.33. The van der Waals surface area contributed by atoms with Crippen LogP contribution in [0.4, 0.5) is 0 Å². The lowest BCUT2D eigenvalue weighted by molar-refractivity contribution is 0.0947. The van der Waals surface area contributed by atoms with Gasteiger partial charge in [0.1, 0.15) is 5.69 Å². The fourth-order valence-corrected chi connectivity index (χ4v) is 2.23. The first kappa shape index (κ1) is 12.7. The predicted molar refractivity (Wildman–Crippen MR) is 78.7 cm³/mol. The van der Waals surface area contributed by atoms with Crippen molar-refractivity contribution < 1.29 is 4.79 Å². The number of carbonyl (C=O) groups is 1. The number of amides is 1. The number of pyridine rings is 1. The molecule has 3 aromatic rings. The molecule has 0 aliphatic carbocycles. The lowest BCUT2D eigenvalue weighted by Gasteiger charge is -2.03. The first-order chi connectivity index (χ1) is 9.74. The van der Waals surface area contributed by atoms with Crippen LogP contribution in [0, 0.1) is 0 Å². The Kier molecular flexibility index (Phi) is 3.39. The van der Waals surface area contributed by atoms with E-state index in [0.29, 0.717) is 22.9 Å². The monoisotopic (exact) mass is 285 g/mol. The van der Waals surface area contributed by atoms with Crippen LogP contribution >= 0.6 is 11.6 Å². The van der Waals surface area contributed by atoms with Crippen LogP contribution in [-0.2, 0) is 6.54 Å². The number of aromatic nitrogens is 2. The molecule has 0 aliphatic heterocycles. The van der Waals surface area contributed by atoms with Gasteiger partial charge < -0.3 is 10.3 Å². The quantitative estimate of drug-likeness (QED) is 0.726. The number of hydrogen-bond donors (Lipinski definition) is 2. The largest absolute Gasteiger partial charge is 0.348 e. The Bertz CT molecular complexity index is 752. The molecule has 1 amide bonds. The van der Waals surface area contributed by atoms with Crippen LogP contribution in [0.5, 0.6) is 0 Å². The molecule has 0 aliphatic rings. The lowest BCUT2D eigenvalue weighted by atomic mass is 10.2. The maximum absolute atomic E-state index is 12.1. The van der Waals surface area contributed by atoms with Gasteiger partial charge in [-0.1, -0.05) is 41.9 Å². The Morgan fingerprint density at radius 2 is 2.05 bits per heavy atom. The minimum Gasteiger partial charge on any atom is -0.348 e. The van der Waals surface area contributed by atoms with Gasteiger partial charge in [-0.15, -0.1) is 0 Å². The normalized spacial score (nSPS) is 10.7. The van der Waals surface area contributed by atoms with E-state index in [1.807, 2.05) is 36.4 Å². The molecule has 2 N–H and O–H groups in total. The van der Waals surface area contributed by atoms with E-state index in [1.54, 1.807) is 12.3 Å². The van der Waals surface area contributed by atoms with Gasteiger partial charge in [-0.2, -0.15) is 0 Å². The van der Waals surface area contributed by atoms with E-state index < -0.39 is 0 Å². The Morgan fingerprint density at radius 3 is 2.80 bits per heavy atom. The van der Waals surface area contributed by atoms with Crippen LogP contribution in [-0.4, -0.2) is 15.9 Å². The summed E-state index contributed by atoms with van der Waals surface area (Å²) in [6, 6.07) is 13.3. The summed E-state index contributed by atoms with van der Waals surface area (Å²) in [5, 5.41) is 4.10. The zero-order valence-corrected chi connectivity index (χ0v) is 11.3. The van der Waals surface area contributed by atoms with Gasteiger partial charge in [-0.3, -0.25) is 4.79 Å². The minimum absolute atomic E-state index is 0.166. The smallest absolute Gasteiger partial charge is 0.267 e. The second-order valence-corrected chi connectivity index (χ2v) is 4.78. The summed E-state index contributed by atoms with van der Waals surface area (Å²) < 4.78 is 0. The zero-order valence-electron chi connectivity index (χ0n) is 10.6. The Balaban J connectivity index is 1.77. The zero-order chi connectivity index (χ0) is 13.9. The highest BCUT2D eigenvalue weighted by atomic mass is 35.5. The van der Waals surface area contributed by atoms with Crippen molar-refractivity contribution in [3.8, 4) is 0 Å². The number of benzene rings is 1. The Morgan fingerprint density at radius 1 is 1.25 bits per heavy atom. The summed E-state index contributed by atoms with van der Waals surface area (Å²) in [7, 11) is 0. The molecule has 0 radical (unpaired) electrons. The molecular weight excluding hydrogens is 274 g/mol. The van der Waals surface area contributed by atoms with E-state index in [-0.39, 0.29) is 5.91 Å². The van der Waals surface area contributed by atoms with E-state index >= 15 is 0 Å². The van der Waals surface area contributed by atoms with Crippen LogP contribution in [0.2, 0.25) is 5.15 Å². The summed E-state index contributed by atoms with van der Waals surface area (Å²) in [6.07, 6.45) is 1.62. The van der Waals surface area contributed by atoms with Crippen LogP contribution in [0.3, 0.4) is 0 Å². The average molecular weight is 286 g/mol. The molecule has 1 aromatic carbocycles. The second kappa shape index (κ2) is 5.35. The number of carbonyl (C=O) groups excluding carboxylic acids is 1. The predicted octanol–water partition coefficient (Wildman–Crippen LogP) is 3.15. The number of nitrogens with one attached hydrogen (secondary N) is 2. The van der Waals surface area contributed by atoms with Gasteiger partial charge in [0.15, 0.2) is 5.15 Å². The van der Waals surface area contributed by atoms with E-state index in [0.717, 1.165) is 10.9 Å². The van der Waals surface area contributed by atoms with E-state index in [4.69, 9.17) is 11.6 Å². The fourth-order valence-electron chi connectivity index (χ4n) is 2.02. The molecule has 0 saturated heterocycles. The third-order valence-corrected chi connectivity index (χ3v) is 3.32. The van der Waals surface area contributed by atoms with Crippen LogP contribution in [0.1, 0.15) is 16.1 Å². The lowest BCUT2D eigenvalue weighted by Crippen LogP contribution is -2.22. The molecular formula is C15H12ClN3O. The van der Waals surface area contributed by atoms with Crippen LogP contribution < -0.4 is 5.32 Å². The number of aromatic amines is 1. The topological polar surface area (TPSA) is 57.8 Å². The van der Waals surface area contributed by atoms with E-state index in [1.165, 1.54) is 0 Å². The van der Waals surface area contributed by atoms with Crippen molar-refractivity contribution >= 4 is 28.4 Å². The van der Waals surface area contributed by atoms with Crippen molar-refractivity contribution in [1.82, 2.24) is 15.3 Å². The van der Waals surface area contributed by atoms with Crippen molar-refractivity contribution in [1.29, 1.82) is 0 Å². The van der Waals surface area contributed by atoms with Crippen molar-refractivity contribution in [2.75, 3.05) is 0 Å². The SMILES string of the molecule is O=C(NCc1ccccc1)c1cc2ccnc(Cl)c2[nH]1. The van der Waals surface area contributed by atoms with E-state index in [2.05, 4.69) is 15.3 Å². The second-order valence-electron chi connectivity index (χ2n) is 4.42. The van der Waals surface area contributed by atoms with Gasteiger partial charge in [-0.05, 0) is 17.7 Å². The third-order valence-electron chi connectivity index (χ3n) is 3.04. The van der Waals surface area contributed by atoms with Gasteiger partial charge >= 0.3 is 0 Å². The molecule has 5 heteroatoms. The summed E-state index contributed by atoms with van der Waals surface area (Å²) in [5.41, 5.74) is 2.21. The third kappa shape index (κ3) is 2.51. The fraction of sp³-hybridized carbons (Fsp3) is 0.0667. The molecule has 2 heterocycles. The maximum Gasteiger partial charge on any atom is 0.267 e. The number of nitrogens with zero attached hydrogens (tertiary/aromatic N) is 1. The molecule has 20 heavy (non-hydrogen) atoms. The first-order valence-corrected chi connectivity index (χ1v) is 6.57. The van der Waals surface area contributed by atoms with Crippen molar-refractivity contribution in [3.63, 3.8) is 0 Å². The number of fused-ring (bicyclic) bond motifs is 1. The van der Waals surface area contributed by atoms with E-state index in [9.17, 15) is 4.79 Å². The molecule has 0 unspecified atom stereocenters. The molecule has 0 fully saturated rings. The number of rotatable bonds is 3. The maximum atomic E-state index is 12.1. The number of hydrogen-bond acceptors (Lipinski definition) is 2. The number of H-pyrrole nitrogens is 1. The van der Waals surface area contributed by atoms with Crippen LogP contribution in [0.25, 0.3) is 10.9 Å². The van der Waals surface area contributed by atoms with Crippen molar-refractivity contribution in [2.45, 2.75) is 6.54 Å².